The van der Waals surface area contributed by atoms with E-state index in [2.05, 4.69) is 50.4 Å². The summed E-state index contributed by atoms with van der Waals surface area (Å²) in [7, 11) is 0. The molecule has 0 spiro atoms. The van der Waals surface area contributed by atoms with Gasteiger partial charge in [-0.1, -0.05) is 80.6 Å². The minimum atomic E-state index is 0.450. The van der Waals surface area contributed by atoms with Crippen molar-refractivity contribution in [3.05, 3.63) is 72.3 Å². The van der Waals surface area contributed by atoms with E-state index in [-0.39, 0.29) is 0 Å². The third-order valence-electron chi connectivity index (χ3n) is 2.55. The van der Waals surface area contributed by atoms with Crippen LogP contribution >= 0.6 is 0 Å². The summed E-state index contributed by atoms with van der Waals surface area (Å²) in [6.45, 7) is 6.52. The maximum atomic E-state index is 3.46. The van der Waals surface area contributed by atoms with Gasteiger partial charge in [-0.15, -0.1) is 0 Å². The smallest absolute Gasteiger partial charge is 0.0294 e. The second-order valence-electron chi connectivity index (χ2n) is 4.61. The average molecular weight is 241 g/mol. The molecule has 0 heterocycles. The zero-order chi connectivity index (χ0) is 13.2. The lowest BCUT2D eigenvalue weighted by atomic mass is 10.1. The summed E-state index contributed by atoms with van der Waals surface area (Å²) in [5.41, 5.74) is 1.35. The molecule has 18 heavy (non-hydrogen) atoms. The molecule has 0 aliphatic heterocycles. The summed E-state index contributed by atoms with van der Waals surface area (Å²) in [6.07, 6.45) is 0. The Morgan fingerprint density at radius 2 is 1.06 bits per heavy atom. The second-order valence-corrected chi connectivity index (χ2v) is 4.61. The SMILES string of the molecule is CC(C)NC(C)c1ccccc1.c1ccccc1. The van der Waals surface area contributed by atoms with Crippen LogP contribution in [0.5, 0.6) is 0 Å². The first-order valence-electron chi connectivity index (χ1n) is 6.51. The Labute approximate surface area is 111 Å². The molecule has 0 amide bonds. The molecule has 1 atom stereocenters. The van der Waals surface area contributed by atoms with Crippen molar-refractivity contribution in [2.75, 3.05) is 0 Å². The van der Waals surface area contributed by atoms with Crippen LogP contribution in [0.2, 0.25) is 0 Å². The van der Waals surface area contributed by atoms with E-state index >= 15 is 0 Å². The van der Waals surface area contributed by atoms with Gasteiger partial charge in [-0.3, -0.25) is 0 Å². The fraction of sp³-hybridized carbons (Fsp3) is 0.294. The molecule has 1 nitrogen and oxygen atoms in total. The minimum absolute atomic E-state index is 0.450. The normalized spacial score (nSPS) is 11.6. The highest BCUT2D eigenvalue weighted by Crippen LogP contribution is 2.11. The minimum Gasteiger partial charge on any atom is -0.308 e. The zero-order valence-electron chi connectivity index (χ0n) is 11.5. The van der Waals surface area contributed by atoms with Crippen LogP contribution in [0.25, 0.3) is 0 Å². The quantitative estimate of drug-likeness (QED) is 0.838. The van der Waals surface area contributed by atoms with Gasteiger partial charge in [-0.2, -0.15) is 0 Å². The molecule has 0 aliphatic carbocycles. The van der Waals surface area contributed by atoms with E-state index in [0.717, 1.165) is 0 Å². The van der Waals surface area contributed by atoms with E-state index in [0.29, 0.717) is 12.1 Å². The molecular formula is C17H23N. The maximum Gasteiger partial charge on any atom is 0.0294 e. The third-order valence-corrected chi connectivity index (χ3v) is 2.55. The van der Waals surface area contributed by atoms with Gasteiger partial charge in [0.15, 0.2) is 0 Å². The molecule has 0 bridgehead atoms. The van der Waals surface area contributed by atoms with Gasteiger partial charge in [0.1, 0.15) is 0 Å². The molecule has 96 valence electrons. The number of rotatable bonds is 3. The molecular weight excluding hydrogens is 218 g/mol. The first-order chi connectivity index (χ1) is 8.70. The van der Waals surface area contributed by atoms with Crippen molar-refractivity contribution < 1.29 is 0 Å². The van der Waals surface area contributed by atoms with E-state index in [4.69, 9.17) is 0 Å². The number of benzene rings is 2. The Balaban J connectivity index is 0.000000225. The van der Waals surface area contributed by atoms with Gasteiger partial charge in [-0.25, -0.2) is 0 Å². The monoisotopic (exact) mass is 241 g/mol. The molecule has 2 rings (SSSR count). The summed E-state index contributed by atoms with van der Waals surface area (Å²) >= 11 is 0. The Morgan fingerprint density at radius 3 is 1.44 bits per heavy atom. The van der Waals surface area contributed by atoms with Crippen LogP contribution < -0.4 is 5.32 Å². The second kappa shape index (κ2) is 8.48. The van der Waals surface area contributed by atoms with Crippen molar-refractivity contribution in [3.8, 4) is 0 Å². The highest BCUT2D eigenvalue weighted by molar-refractivity contribution is 5.18. The molecule has 0 saturated heterocycles. The lowest BCUT2D eigenvalue weighted by molar-refractivity contribution is 0.506. The Bertz CT molecular complexity index is 368. The van der Waals surface area contributed by atoms with E-state index in [1.807, 2.05) is 42.5 Å². The average Bonchev–Trinajstić information content (AvgIpc) is 2.42. The van der Waals surface area contributed by atoms with Crippen LogP contribution in [-0.2, 0) is 0 Å². The van der Waals surface area contributed by atoms with Gasteiger partial charge < -0.3 is 5.32 Å². The molecule has 1 heteroatoms. The van der Waals surface area contributed by atoms with Gasteiger partial charge in [0.05, 0.1) is 0 Å². The number of hydrogen-bond donors (Lipinski definition) is 1. The Hall–Kier alpha value is -1.60. The lowest BCUT2D eigenvalue weighted by Crippen LogP contribution is -2.25. The topological polar surface area (TPSA) is 12.0 Å². The highest BCUT2D eigenvalue weighted by atomic mass is 14.9. The fourth-order valence-electron chi connectivity index (χ4n) is 1.72. The molecule has 0 radical (unpaired) electrons. The number of nitrogens with one attached hydrogen (secondary N) is 1. The maximum absolute atomic E-state index is 3.46. The summed E-state index contributed by atoms with van der Waals surface area (Å²) in [6, 6.07) is 23.5. The first-order valence-corrected chi connectivity index (χ1v) is 6.51. The molecule has 0 fully saturated rings. The van der Waals surface area contributed by atoms with Gasteiger partial charge >= 0.3 is 0 Å². The summed E-state index contributed by atoms with van der Waals surface area (Å²) in [4.78, 5) is 0. The van der Waals surface area contributed by atoms with Crippen molar-refractivity contribution in [2.24, 2.45) is 0 Å². The van der Waals surface area contributed by atoms with Crippen LogP contribution in [0.15, 0.2) is 66.7 Å². The van der Waals surface area contributed by atoms with Crippen molar-refractivity contribution in [1.29, 1.82) is 0 Å². The van der Waals surface area contributed by atoms with Crippen molar-refractivity contribution in [3.63, 3.8) is 0 Å². The molecule has 0 aromatic heterocycles. The predicted octanol–water partition coefficient (Wildman–Crippen LogP) is 4.43. The molecule has 1 unspecified atom stereocenters. The molecule has 2 aromatic carbocycles. The molecule has 0 saturated carbocycles. The molecule has 2 aromatic rings. The summed E-state index contributed by atoms with van der Waals surface area (Å²) in [5.74, 6) is 0. The summed E-state index contributed by atoms with van der Waals surface area (Å²) in [5, 5.41) is 3.46. The highest BCUT2D eigenvalue weighted by Gasteiger charge is 2.04. The lowest BCUT2D eigenvalue weighted by Gasteiger charge is -2.16. The zero-order valence-corrected chi connectivity index (χ0v) is 11.5. The van der Waals surface area contributed by atoms with Gasteiger partial charge in [-0.05, 0) is 12.5 Å². The summed E-state index contributed by atoms with van der Waals surface area (Å²) < 4.78 is 0. The van der Waals surface area contributed by atoms with Crippen LogP contribution in [0.3, 0.4) is 0 Å². The van der Waals surface area contributed by atoms with Gasteiger partial charge in [0, 0.05) is 12.1 Å². The number of hydrogen-bond acceptors (Lipinski definition) is 1. The largest absolute Gasteiger partial charge is 0.308 e. The van der Waals surface area contributed by atoms with Crippen molar-refractivity contribution >= 4 is 0 Å². The van der Waals surface area contributed by atoms with Crippen molar-refractivity contribution in [2.45, 2.75) is 32.9 Å². The van der Waals surface area contributed by atoms with E-state index in [9.17, 15) is 0 Å². The van der Waals surface area contributed by atoms with E-state index < -0.39 is 0 Å². The Kier molecular flexibility index (Phi) is 6.82. The van der Waals surface area contributed by atoms with E-state index in [1.165, 1.54) is 5.56 Å². The van der Waals surface area contributed by atoms with Crippen molar-refractivity contribution in [1.82, 2.24) is 5.32 Å². The van der Waals surface area contributed by atoms with Crippen LogP contribution in [-0.4, -0.2) is 6.04 Å². The van der Waals surface area contributed by atoms with Crippen LogP contribution in [0.1, 0.15) is 32.4 Å². The fourth-order valence-corrected chi connectivity index (χ4v) is 1.72. The van der Waals surface area contributed by atoms with Crippen LogP contribution in [0, 0.1) is 0 Å². The predicted molar refractivity (Wildman–Crippen MR) is 79.6 cm³/mol. The standard InChI is InChI=1S/C11H17N.C6H6/c1-9(2)12-10(3)11-7-5-4-6-8-11;1-2-4-6-5-3-1/h4-10,12H,1-3H3;1-6H. The van der Waals surface area contributed by atoms with Gasteiger partial charge in [0.2, 0.25) is 0 Å². The van der Waals surface area contributed by atoms with Crippen LogP contribution in [0.4, 0.5) is 0 Å². The molecule has 1 N–H and O–H groups in total. The first kappa shape index (κ1) is 14.5. The third kappa shape index (κ3) is 6.21. The van der Waals surface area contributed by atoms with Gasteiger partial charge in [0.25, 0.3) is 0 Å². The van der Waals surface area contributed by atoms with E-state index in [1.54, 1.807) is 0 Å². The molecule has 0 aliphatic rings. The Morgan fingerprint density at radius 1 is 0.667 bits per heavy atom.